The van der Waals surface area contributed by atoms with Crippen LogP contribution in [-0.2, 0) is 23.8 Å². The first-order valence-corrected chi connectivity index (χ1v) is 29.4. The van der Waals surface area contributed by atoms with Gasteiger partial charge in [-0.25, -0.2) is 0 Å². The van der Waals surface area contributed by atoms with Crippen LogP contribution >= 0.6 is 0 Å². The highest BCUT2D eigenvalue weighted by atomic mass is 16.7. The van der Waals surface area contributed by atoms with Gasteiger partial charge >= 0.3 is 5.97 Å². The molecule has 0 aliphatic carbocycles. The summed E-state index contributed by atoms with van der Waals surface area (Å²) >= 11 is 0. The summed E-state index contributed by atoms with van der Waals surface area (Å²) in [6, 6.07) is -1.02. The second-order valence-electron chi connectivity index (χ2n) is 20.4. The highest BCUT2D eigenvalue weighted by Crippen LogP contribution is 2.26. The van der Waals surface area contributed by atoms with Crippen molar-refractivity contribution in [2.45, 2.75) is 307 Å². The lowest BCUT2D eigenvalue weighted by Gasteiger charge is -2.41. The topological polar surface area (TPSA) is 175 Å². The van der Waals surface area contributed by atoms with E-state index in [1.54, 1.807) is 6.08 Å². The number of allylic oxidation sites excluding steroid dienone is 7. The summed E-state index contributed by atoms with van der Waals surface area (Å²) in [5.41, 5.74) is 0. The second-order valence-corrected chi connectivity index (χ2v) is 20.4. The van der Waals surface area contributed by atoms with Crippen molar-refractivity contribution in [3.8, 4) is 0 Å². The Morgan fingerprint density at radius 3 is 1.48 bits per heavy atom. The van der Waals surface area contributed by atoms with E-state index in [4.69, 9.17) is 14.2 Å². The van der Waals surface area contributed by atoms with Crippen molar-refractivity contribution >= 4 is 11.9 Å². The Morgan fingerprint density at radius 2 is 0.972 bits per heavy atom. The van der Waals surface area contributed by atoms with Crippen LogP contribution in [0.2, 0.25) is 0 Å². The van der Waals surface area contributed by atoms with Crippen LogP contribution in [0, 0.1) is 0 Å². The molecule has 8 atom stereocenters. The summed E-state index contributed by atoms with van der Waals surface area (Å²) in [6.07, 6.45) is 47.2. The van der Waals surface area contributed by atoms with E-state index in [1.165, 1.54) is 122 Å². The van der Waals surface area contributed by atoms with E-state index in [-0.39, 0.29) is 13.0 Å². The fraction of sp³-hybridized carbons (Fsp3) is 0.833. The molecule has 0 aromatic rings. The summed E-state index contributed by atoms with van der Waals surface area (Å²) in [6.45, 7) is 5.74. The highest BCUT2D eigenvalue weighted by molar-refractivity contribution is 5.80. The van der Waals surface area contributed by atoms with Gasteiger partial charge in [-0.2, -0.15) is 0 Å². The molecular weight excluding hydrogens is 895 g/mol. The maximum atomic E-state index is 13.3. The lowest BCUT2D eigenvalue weighted by atomic mass is 9.99. The Hall–Kier alpha value is -2.38. The molecule has 1 heterocycles. The first kappa shape index (κ1) is 66.6. The molecule has 1 saturated heterocycles. The van der Waals surface area contributed by atoms with E-state index < -0.39 is 67.4 Å². The quantitative estimate of drug-likeness (QED) is 0.0195. The van der Waals surface area contributed by atoms with E-state index in [9.17, 15) is 35.1 Å². The van der Waals surface area contributed by atoms with Crippen molar-refractivity contribution in [2.24, 2.45) is 0 Å². The zero-order valence-electron chi connectivity index (χ0n) is 45.6. The molecule has 1 aliphatic heterocycles. The van der Waals surface area contributed by atoms with Crippen LogP contribution in [-0.4, -0.2) is 99.6 Å². The third-order valence-electron chi connectivity index (χ3n) is 13.7. The molecule has 11 heteroatoms. The van der Waals surface area contributed by atoms with Gasteiger partial charge in [-0.15, -0.1) is 0 Å². The van der Waals surface area contributed by atoms with Crippen LogP contribution in [0.15, 0.2) is 48.6 Å². The second kappa shape index (κ2) is 48.6. The Morgan fingerprint density at radius 1 is 0.549 bits per heavy atom. The van der Waals surface area contributed by atoms with Crippen molar-refractivity contribution < 1.29 is 49.3 Å². The normalized spacial score (nSPS) is 19.9. The largest absolute Gasteiger partial charge is 0.454 e. The third kappa shape index (κ3) is 37.1. The van der Waals surface area contributed by atoms with Crippen LogP contribution in [0.5, 0.6) is 0 Å². The average molecular weight is 1000 g/mol. The number of esters is 1. The molecule has 1 fully saturated rings. The predicted molar refractivity (Wildman–Crippen MR) is 292 cm³/mol. The van der Waals surface area contributed by atoms with Crippen LogP contribution in [0.3, 0.4) is 0 Å². The SMILES string of the molecule is CCCCC/C=C\C/C=C\C/C=C\CCCCCCCCC(=O)OC1C(OCC(NC(=O)C(O)CCCCCCCCCCCC)C(O)/C=C/CCCCCCCCCCCCC)OC(CO)C(O)C1O. The summed E-state index contributed by atoms with van der Waals surface area (Å²) in [5.74, 6) is -1.20. The van der Waals surface area contributed by atoms with Crippen LogP contribution in [0.4, 0.5) is 0 Å². The number of rotatable bonds is 49. The van der Waals surface area contributed by atoms with Gasteiger partial charge in [0.25, 0.3) is 0 Å². The molecule has 0 spiro atoms. The standard InChI is InChI=1S/C60H109NO10/c1-4-7-10-13-16-19-22-24-25-26-27-28-29-31-33-36-39-42-45-48-55(65)71-58-57(67)56(66)54(49-62)70-60(58)69-50-51(52(63)46-43-40-37-35-32-30-23-20-17-14-11-8-5-2)61-59(68)53(64)47-44-41-38-34-21-18-15-12-9-6-3/h16,19,24-25,27-28,43,46,51-54,56-58,60,62-64,66-67H,4-15,17-18,20-23,26,29-42,44-45,47-50H2,1-3H3,(H,61,68)/b19-16-,25-24-,28-27-,46-43+. The van der Waals surface area contributed by atoms with E-state index in [1.807, 2.05) is 6.08 Å². The van der Waals surface area contributed by atoms with Crippen LogP contribution in [0.25, 0.3) is 0 Å². The molecule has 1 amide bonds. The molecule has 0 saturated carbocycles. The Labute approximate surface area is 434 Å². The summed E-state index contributed by atoms with van der Waals surface area (Å²) in [4.78, 5) is 26.4. The van der Waals surface area contributed by atoms with Gasteiger partial charge in [-0.1, -0.05) is 236 Å². The molecule has 414 valence electrons. The van der Waals surface area contributed by atoms with Gasteiger partial charge in [-0.3, -0.25) is 9.59 Å². The number of carbonyl (C=O) groups excluding carboxylic acids is 2. The minimum absolute atomic E-state index is 0.110. The molecule has 0 aromatic carbocycles. The van der Waals surface area contributed by atoms with Gasteiger partial charge in [0.1, 0.15) is 24.4 Å². The number of hydrogen-bond acceptors (Lipinski definition) is 10. The molecule has 0 bridgehead atoms. The summed E-state index contributed by atoms with van der Waals surface area (Å²) < 4.78 is 17.6. The zero-order valence-corrected chi connectivity index (χ0v) is 45.6. The third-order valence-corrected chi connectivity index (χ3v) is 13.7. The molecule has 0 radical (unpaired) electrons. The monoisotopic (exact) mass is 1000 g/mol. The van der Waals surface area contributed by atoms with Crippen molar-refractivity contribution in [3.05, 3.63) is 48.6 Å². The maximum Gasteiger partial charge on any atom is 0.306 e. The summed E-state index contributed by atoms with van der Waals surface area (Å²) in [5, 5.41) is 56.8. The van der Waals surface area contributed by atoms with Crippen molar-refractivity contribution in [1.29, 1.82) is 0 Å². The van der Waals surface area contributed by atoms with E-state index in [2.05, 4.69) is 62.5 Å². The molecule has 8 unspecified atom stereocenters. The number of aliphatic hydroxyl groups is 5. The van der Waals surface area contributed by atoms with Gasteiger partial charge < -0.3 is 45.1 Å². The molecule has 11 nitrogen and oxygen atoms in total. The number of amides is 1. The number of nitrogens with one attached hydrogen (secondary N) is 1. The van der Waals surface area contributed by atoms with Crippen LogP contribution in [0.1, 0.15) is 258 Å². The molecule has 1 rings (SSSR count). The smallest absolute Gasteiger partial charge is 0.306 e. The predicted octanol–water partition coefficient (Wildman–Crippen LogP) is 13.3. The molecular formula is C60H109NO10. The van der Waals surface area contributed by atoms with Gasteiger partial charge in [0.05, 0.1) is 25.4 Å². The van der Waals surface area contributed by atoms with Gasteiger partial charge in [0.2, 0.25) is 5.91 Å². The van der Waals surface area contributed by atoms with Gasteiger partial charge in [0.15, 0.2) is 12.4 Å². The lowest BCUT2D eigenvalue weighted by molar-refractivity contribution is -0.305. The van der Waals surface area contributed by atoms with E-state index >= 15 is 0 Å². The fourth-order valence-corrected chi connectivity index (χ4v) is 9.01. The van der Waals surface area contributed by atoms with Crippen molar-refractivity contribution in [2.75, 3.05) is 13.2 Å². The molecule has 1 aliphatic rings. The number of ether oxygens (including phenoxy) is 3. The Bertz CT molecular complexity index is 1340. The summed E-state index contributed by atoms with van der Waals surface area (Å²) in [7, 11) is 0. The van der Waals surface area contributed by atoms with Gasteiger partial charge in [0, 0.05) is 6.42 Å². The number of carbonyl (C=O) groups is 2. The van der Waals surface area contributed by atoms with Gasteiger partial charge in [-0.05, 0) is 64.2 Å². The minimum atomic E-state index is -1.62. The minimum Gasteiger partial charge on any atom is -0.454 e. The Kier molecular flexibility index (Phi) is 45.6. The maximum absolute atomic E-state index is 13.3. The molecule has 6 N–H and O–H groups in total. The average Bonchev–Trinajstić information content (AvgIpc) is 3.37. The van der Waals surface area contributed by atoms with Crippen LogP contribution < -0.4 is 5.32 Å². The first-order valence-electron chi connectivity index (χ1n) is 29.4. The fourth-order valence-electron chi connectivity index (χ4n) is 9.01. The molecule has 71 heavy (non-hydrogen) atoms. The Balaban J connectivity index is 2.70. The van der Waals surface area contributed by atoms with E-state index in [0.717, 1.165) is 89.9 Å². The van der Waals surface area contributed by atoms with E-state index in [0.29, 0.717) is 19.3 Å². The number of hydrogen-bond donors (Lipinski definition) is 6. The molecule has 0 aromatic heterocycles. The zero-order chi connectivity index (χ0) is 51.8. The van der Waals surface area contributed by atoms with Crippen molar-refractivity contribution in [3.63, 3.8) is 0 Å². The van der Waals surface area contributed by atoms with Crippen molar-refractivity contribution in [1.82, 2.24) is 5.32 Å². The highest BCUT2D eigenvalue weighted by Gasteiger charge is 2.47. The lowest BCUT2D eigenvalue weighted by Crippen LogP contribution is -2.61. The number of aliphatic hydroxyl groups excluding tert-OH is 5. The number of unbranched alkanes of at least 4 members (excludes halogenated alkanes) is 29. The first-order chi connectivity index (χ1) is 34.7.